The van der Waals surface area contributed by atoms with Crippen molar-refractivity contribution in [2.24, 2.45) is 5.41 Å². The van der Waals surface area contributed by atoms with E-state index in [1.807, 2.05) is 30.3 Å². The van der Waals surface area contributed by atoms with E-state index in [2.05, 4.69) is 70.3 Å². The van der Waals surface area contributed by atoms with Crippen LogP contribution in [0, 0.1) is 16.7 Å². The van der Waals surface area contributed by atoms with Gasteiger partial charge in [-0.25, -0.2) is 4.79 Å². The van der Waals surface area contributed by atoms with Crippen LogP contribution in [0.15, 0.2) is 72.8 Å². The molecule has 4 aromatic rings. The van der Waals surface area contributed by atoms with Gasteiger partial charge in [-0.2, -0.15) is 15.2 Å². The summed E-state index contributed by atoms with van der Waals surface area (Å²) in [5.41, 5.74) is 4.41. The molecule has 8 rings (SSSR count). The summed E-state index contributed by atoms with van der Waals surface area (Å²) in [4.78, 5) is 32.4. The van der Waals surface area contributed by atoms with Crippen molar-refractivity contribution >= 4 is 28.4 Å². The molecule has 4 heterocycles. The lowest BCUT2D eigenvalue weighted by molar-refractivity contribution is 0.0767. The zero-order valence-corrected chi connectivity index (χ0v) is 28.8. The van der Waals surface area contributed by atoms with Crippen molar-refractivity contribution in [3.63, 3.8) is 0 Å². The van der Waals surface area contributed by atoms with Crippen molar-refractivity contribution < 1.29 is 14.3 Å². The predicted octanol–water partition coefficient (Wildman–Crippen LogP) is 6.19. The lowest BCUT2D eigenvalue weighted by atomic mass is 9.95. The standard InChI is InChI=1S/C40H45N7O3/c1-44-21-8-15-36(44)40(18-19-40)28-50-38-42-34-26-45(35-14-7-12-30-11-5-6-13-32(30)35)22-17-33(34)37(43-38)46-23-24-47(31(25-46)16-20-41)39(48)49-27-29-9-3-2-4-10-29/h2-7,9-14,31,36H,8,15-19,21-28H2,1H3/t31-,36-/m0/s1. The van der Waals surface area contributed by atoms with E-state index in [-0.39, 0.29) is 30.6 Å². The van der Waals surface area contributed by atoms with Crippen molar-refractivity contribution in [3.05, 3.63) is 89.6 Å². The predicted molar refractivity (Wildman–Crippen MR) is 193 cm³/mol. The molecule has 0 spiro atoms. The average molecular weight is 672 g/mol. The number of amides is 1. The molecule has 0 N–H and O–H groups in total. The van der Waals surface area contributed by atoms with Gasteiger partial charge in [-0.05, 0) is 62.7 Å². The van der Waals surface area contributed by atoms with Gasteiger partial charge in [0.2, 0.25) is 0 Å². The number of hydrogen-bond donors (Lipinski definition) is 0. The van der Waals surface area contributed by atoms with Crippen LogP contribution in [0.5, 0.6) is 6.01 Å². The highest BCUT2D eigenvalue weighted by Crippen LogP contribution is 2.53. The van der Waals surface area contributed by atoms with E-state index in [1.165, 1.54) is 42.1 Å². The summed E-state index contributed by atoms with van der Waals surface area (Å²) in [5, 5.41) is 12.2. The minimum absolute atomic E-state index is 0.170. The van der Waals surface area contributed by atoms with Gasteiger partial charge in [0.15, 0.2) is 0 Å². The molecule has 1 aliphatic carbocycles. The molecular weight excluding hydrogens is 626 g/mol. The average Bonchev–Trinajstić information content (AvgIpc) is 3.82. The molecule has 1 amide bonds. The second-order valence-corrected chi connectivity index (χ2v) is 14.4. The third kappa shape index (κ3) is 6.42. The first-order valence-electron chi connectivity index (χ1n) is 18.1. The molecule has 258 valence electrons. The minimum atomic E-state index is -0.389. The van der Waals surface area contributed by atoms with Crippen LogP contribution in [0.25, 0.3) is 10.8 Å². The Morgan fingerprint density at radius 2 is 1.78 bits per heavy atom. The lowest BCUT2D eigenvalue weighted by Crippen LogP contribution is -2.55. The molecule has 0 unspecified atom stereocenters. The zero-order valence-electron chi connectivity index (χ0n) is 28.8. The molecule has 0 radical (unpaired) electrons. The second-order valence-electron chi connectivity index (χ2n) is 14.4. The van der Waals surface area contributed by atoms with Crippen LogP contribution in [-0.2, 0) is 24.3 Å². The highest BCUT2D eigenvalue weighted by Gasteiger charge is 2.52. The topological polar surface area (TPSA) is 98.1 Å². The fraction of sp³-hybridized carbons (Fsp3) is 0.450. The van der Waals surface area contributed by atoms with E-state index in [1.54, 1.807) is 4.90 Å². The van der Waals surface area contributed by atoms with Gasteiger partial charge >= 0.3 is 12.1 Å². The van der Waals surface area contributed by atoms with Gasteiger partial charge in [0.05, 0.1) is 37.4 Å². The Bertz CT molecular complexity index is 1890. The number of ether oxygens (including phenoxy) is 2. The molecule has 2 atom stereocenters. The molecule has 2 saturated heterocycles. The number of fused-ring (bicyclic) bond motifs is 2. The number of nitriles is 1. The van der Waals surface area contributed by atoms with E-state index in [0.717, 1.165) is 42.1 Å². The molecule has 3 aliphatic heterocycles. The van der Waals surface area contributed by atoms with Gasteiger partial charge in [-0.3, -0.25) is 0 Å². The largest absolute Gasteiger partial charge is 0.463 e. The molecule has 3 fully saturated rings. The number of rotatable bonds is 9. The second kappa shape index (κ2) is 13.8. The SMILES string of the molecule is CN1CCC[C@H]1C1(COc2nc3c(c(N4CCN(C(=O)OCc5ccccc5)[C@@H](CC#N)C4)n2)CCN(c2cccc4ccccc24)C3)CC1. The Labute approximate surface area is 294 Å². The fourth-order valence-corrected chi connectivity index (χ4v) is 8.40. The van der Waals surface area contributed by atoms with Gasteiger partial charge in [0.25, 0.3) is 0 Å². The Kier molecular flexibility index (Phi) is 8.92. The van der Waals surface area contributed by atoms with Crippen LogP contribution in [-0.4, -0.2) is 84.3 Å². The first kappa shape index (κ1) is 32.3. The molecule has 1 saturated carbocycles. The Morgan fingerprint density at radius 3 is 2.58 bits per heavy atom. The Morgan fingerprint density at radius 1 is 0.960 bits per heavy atom. The van der Waals surface area contributed by atoms with Crippen molar-refractivity contribution in [2.45, 2.75) is 63.8 Å². The van der Waals surface area contributed by atoms with E-state index in [4.69, 9.17) is 19.4 Å². The number of hydrogen-bond acceptors (Lipinski definition) is 9. The molecular formula is C40H45N7O3. The number of carbonyl (C=O) groups is 1. The zero-order chi connectivity index (χ0) is 34.1. The maximum Gasteiger partial charge on any atom is 0.410 e. The van der Waals surface area contributed by atoms with Crippen molar-refractivity contribution in [3.8, 4) is 12.1 Å². The molecule has 10 heteroatoms. The van der Waals surface area contributed by atoms with Gasteiger partial charge in [-0.15, -0.1) is 0 Å². The quantitative estimate of drug-likeness (QED) is 0.206. The number of aromatic nitrogens is 2. The summed E-state index contributed by atoms with van der Waals surface area (Å²) in [6.07, 6.45) is 5.41. The number of benzene rings is 3. The summed E-state index contributed by atoms with van der Waals surface area (Å²) >= 11 is 0. The number of piperazine rings is 1. The maximum absolute atomic E-state index is 13.3. The van der Waals surface area contributed by atoms with Gasteiger partial charge in [0, 0.05) is 54.3 Å². The van der Waals surface area contributed by atoms with Crippen LogP contribution in [0.2, 0.25) is 0 Å². The summed E-state index contributed by atoms with van der Waals surface area (Å²) in [5.74, 6) is 0.866. The smallest absolute Gasteiger partial charge is 0.410 e. The van der Waals surface area contributed by atoms with E-state index < -0.39 is 0 Å². The molecule has 0 bridgehead atoms. The normalized spacial score (nSPS) is 21.5. The minimum Gasteiger partial charge on any atom is -0.463 e. The molecule has 4 aliphatic rings. The number of likely N-dealkylation sites (tertiary alicyclic amines) is 1. The van der Waals surface area contributed by atoms with Crippen molar-refractivity contribution in [1.29, 1.82) is 5.26 Å². The third-order valence-electron chi connectivity index (χ3n) is 11.3. The first-order chi connectivity index (χ1) is 24.5. The Balaban J connectivity index is 1.06. The highest BCUT2D eigenvalue weighted by atomic mass is 16.6. The van der Waals surface area contributed by atoms with E-state index in [9.17, 15) is 10.1 Å². The van der Waals surface area contributed by atoms with Crippen LogP contribution < -0.4 is 14.5 Å². The number of nitrogens with zero attached hydrogens (tertiary/aromatic N) is 7. The fourth-order valence-electron chi connectivity index (χ4n) is 8.40. The van der Waals surface area contributed by atoms with Crippen LogP contribution in [0.4, 0.5) is 16.3 Å². The highest BCUT2D eigenvalue weighted by molar-refractivity contribution is 5.94. The summed E-state index contributed by atoms with van der Waals surface area (Å²) in [6.45, 7) is 4.95. The van der Waals surface area contributed by atoms with Crippen LogP contribution in [0.1, 0.15) is 48.9 Å². The van der Waals surface area contributed by atoms with Crippen LogP contribution in [0.3, 0.4) is 0 Å². The first-order valence-corrected chi connectivity index (χ1v) is 18.1. The molecule has 10 nitrogen and oxygen atoms in total. The van der Waals surface area contributed by atoms with Crippen molar-refractivity contribution in [2.75, 3.05) is 56.2 Å². The van der Waals surface area contributed by atoms with Gasteiger partial charge in [0.1, 0.15) is 12.4 Å². The maximum atomic E-state index is 13.3. The van der Waals surface area contributed by atoms with Crippen LogP contribution >= 0.6 is 0 Å². The summed E-state index contributed by atoms with van der Waals surface area (Å²) in [6, 6.07) is 27.6. The monoisotopic (exact) mass is 671 g/mol. The van der Waals surface area contributed by atoms with Gasteiger partial charge < -0.3 is 29.1 Å². The molecule has 3 aromatic carbocycles. The number of anilines is 2. The summed E-state index contributed by atoms with van der Waals surface area (Å²) in [7, 11) is 2.24. The van der Waals surface area contributed by atoms with Gasteiger partial charge in [-0.1, -0.05) is 66.7 Å². The number of carbonyl (C=O) groups excluding carboxylic acids is 1. The molecule has 50 heavy (non-hydrogen) atoms. The third-order valence-corrected chi connectivity index (χ3v) is 11.3. The lowest BCUT2D eigenvalue weighted by Gasteiger charge is -2.42. The molecule has 1 aromatic heterocycles. The Hall–Kier alpha value is -4.88. The van der Waals surface area contributed by atoms with E-state index >= 15 is 0 Å². The summed E-state index contributed by atoms with van der Waals surface area (Å²) < 4.78 is 12.3. The van der Waals surface area contributed by atoms with Crippen molar-refractivity contribution in [1.82, 2.24) is 19.8 Å². The van der Waals surface area contributed by atoms with E-state index in [0.29, 0.717) is 44.8 Å².